The molecule has 1 atom stereocenters. The van der Waals surface area contributed by atoms with Crippen LogP contribution in [0, 0.1) is 11.8 Å². The Bertz CT molecular complexity index is 698. The lowest BCUT2D eigenvalue weighted by Gasteiger charge is -2.30. The summed E-state index contributed by atoms with van der Waals surface area (Å²) in [5.41, 5.74) is 5.32. The van der Waals surface area contributed by atoms with Crippen LogP contribution in [0.25, 0.3) is 5.57 Å². The zero-order chi connectivity index (χ0) is 15.8. The standard InChI is InChI=1S/C20H23NO2/c1-23-18-9-8-14-4-2-7-16-10-13(11-17(18)19(14)16)12-21-20(22)15-5-3-6-15/h2,7-10,13,15H,3-6,11-12H2,1H3,(H,21,22). The number of benzene rings is 1. The van der Waals surface area contributed by atoms with Crippen molar-refractivity contribution in [1.82, 2.24) is 5.32 Å². The highest BCUT2D eigenvalue weighted by Crippen LogP contribution is 2.40. The molecule has 0 saturated heterocycles. The van der Waals surface area contributed by atoms with Gasteiger partial charge in [0.05, 0.1) is 7.11 Å². The first-order chi connectivity index (χ1) is 11.3. The van der Waals surface area contributed by atoms with Gasteiger partial charge >= 0.3 is 0 Å². The van der Waals surface area contributed by atoms with E-state index in [1.807, 2.05) is 0 Å². The van der Waals surface area contributed by atoms with Crippen LogP contribution < -0.4 is 10.1 Å². The first kappa shape index (κ1) is 14.6. The second-order valence-corrected chi connectivity index (χ2v) is 6.85. The summed E-state index contributed by atoms with van der Waals surface area (Å²) in [5.74, 6) is 1.81. The zero-order valence-electron chi connectivity index (χ0n) is 13.6. The van der Waals surface area contributed by atoms with E-state index in [4.69, 9.17) is 4.74 Å². The highest BCUT2D eigenvalue weighted by Gasteiger charge is 2.28. The molecule has 3 nitrogen and oxygen atoms in total. The molecular formula is C20H23NO2. The van der Waals surface area contributed by atoms with Crippen molar-refractivity contribution in [2.24, 2.45) is 11.8 Å². The van der Waals surface area contributed by atoms with Crippen LogP contribution in [0.2, 0.25) is 0 Å². The number of nitrogens with one attached hydrogen (secondary N) is 1. The minimum Gasteiger partial charge on any atom is -0.496 e. The van der Waals surface area contributed by atoms with Gasteiger partial charge in [0.15, 0.2) is 0 Å². The third kappa shape index (κ3) is 2.58. The summed E-state index contributed by atoms with van der Waals surface area (Å²) in [6.45, 7) is 0.722. The van der Waals surface area contributed by atoms with Gasteiger partial charge in [-0.3, -0.25) is 4.79 Å². The maximum atomic E-state index is 12.1. The van der Waals surface area contributed by atoms with Crippen molar-refractivity contribution in [3.8, 4) is 5.75 Å². The van der Waals surface area contributed by atoms with Gasteiger partial charge in [0.25, 0.3) is 0 Å². The number of methoxy groups -OCH3 is 1. The van der Waals surface area contributed by atoms with Crippen LogP contribution in [0.1, 0.15) is 36.0 Å². The molecule has 0 aromatic heterocycles. The number of carbonyl (C=O) groups is 1. The maximum Gasteiger partial charge on any atom is 0.223 e. The topological polar surface area (TPSA) is 38.3 Å². The molecule has 3 aliphatic rings. The van der Waals surface area contributed by atoms with Crippen LogP contribution in [0.3, 0.4) is 0 Å². The minimum atomic E-state index is 0.236. The normalized spacial score (nSPS) is 22.0. The van der Waals surface area contributed by atoms with E-state index in [0.717, 1.165) is 38.0 Å². The molecule has 0 heterocycles. The highest BCUT2D eigenvalue weighted by molar-refractivity contribution is 5.83. The summed E-state index contributed by atoms with van der Waals surface area (Å²) in [7, 11) is 1.74. The van der Waals surface area contributed by atoms with Gasteiger partial charge in [-0.15, -0.1) is 0 Å². The number of hydrogen-bond donors (Lipinski definition) is 1. The Kier molecular flexibility index (Phi) is 3.72. The fourth-order valence-corrected chi connectivity index (χ4v) is 3.89. The van der Waals surface area contributed by atoms with Crippen molar-refractivity contribution in [1.29, 1.82) is 0 Å². The van der Waals surface area contributed by atoms with Gasteiger partial charge in [-0.05, 0) is 54.4 Å². The van der Waals surface area contributed by atoms with Gasteiger partial charge < -0.3 is 10.1 Å². The Morgan fingerprint density at radius 2 is 2.22 bits per heavy atom. The van der Waals surface area contributed by atoms with Crippen LogP contribution in [-0.4, -0.2) is 19.6 Å². The summed E-state index contributed by atoms with van der Waals surface area (Å²) in [6.07, 6.45) is 12.0. The lowest BCUT2D eigenvalue weighted by molar-refractivity contribution is -0.127. The van der Waals surface area contributed by atoms with Crippen molar-refractivity contribution in [3.05, 3.63) is 47.1 Å². The third-order valence-electron chi connectivity index (χ3n) is 5.40. The summed E-state index contributed by atoms with van der Waals surface area (Å²) in [4.78, 5) is 12.1. The molecule has 0 spiro atoms. The van der Waals surface area contributed by atoms with Gasteiger partial charge in [-0.25, -0.2) is 0 Å². The second kappa shape index (κ2) is 5.88. The maximum absolute atomic E-state index is 12.1. The van der Waals surface area contributed by atoms with Crippen LogP contribution >= 0.6 is 0 Å². The molecule has 0 bridgehead atoms. The molecule has 1 unspecified atom stereocenters. The minimum absolute atomic E-state index is 0.236. The summed E-state index contributed by atoms with van der Waals surface area (Å²) in [5, 5.41) is 3.15. The summed E-state index contributed by atoms with van der Waals surface area (Å²) in [6, 6.07) is 4.26. The number of allylic oxidation sites excluding steroid dienone is 3. The number of amides is 1. The molecule has 1 fully saturated rings. The average molecular weight is 309 g/mol. The molecular weight excluding hydrogens is 286 g/mol. The van der Waals surface area contributed by atoms with E-state index in [-0.39, 0.29) is 11.8 Å². The second-order valence-electron chi connectivity index (χ2n) is 6.85. The molecule has 0 aliphatic heterocycles. The summed E-state index contributed by atoms with van der Waals surface area (Å²) < 4.78 is 5.58. The molecule has 1 N–H and O–H groups in total. The Morgan fingerprint density at radius 3 is 2.96 bits per heavy atom. The van der Waals surface area contributed by atoms with Gasteiger partial charge in [-0.2, -0.15) is 0 Å². The molecule has 1 amide bonds. The number of rotatable bonds is 4. The van der Waals surface area contributed by atoms with E-state index in [9.17, 15) is 4.79 Å². The van der Waals surface area contributed by atoms with Crippen LogP contribution in [-0.2, 0) is 17.6 Å². The Labute approximate surface area is 137 Å². The van der Waals surface area contributed by atoms with Crippen molar-refractivity contribution in [3.63, 3.8) is 0 Å². The van der Waals surface area contributed by atoms with Crippen LogP contribution in [0.15, 0.2) is 30.4 Å². The third-order valence-corrected chi connectivity index (χ3v) is 5.40. The monoisotopic (exact) mass is 309 g/mol. The van der Waals surface area contributed by atoms with Crippen molar-refractivity contribution in [2.75, 3.05) is 13.7 Å². The highest BCUT2D eigenvalue weighted by atomic mass is 16.5. The van der Waals surface area contributed by atoms with Crippen molar-refractivity contribution < 1.29 is 9.53 Å². The molecule has 1 aromatic carbocycles. The Balaban J connectivity index is 1.56. The molecule has 4 rings (SSSR count). The van der Waals surface area contributed by atoms with Gasteiger partial charge in [0.2, 0.25) is 5.91 Å². The average Bonchev–Trinajstić information content (AvgIpc) is 2.52. The van der Waals surface area contributed by atoms with Gasteiger partial charge in [-0.1, -0.05) is 30.7 Å². The Morgan fingerprint density at radius 1 is 1.35 bits per heavy atom. The molecule has 3 aliphatic carbocycles. The van der Waals surface area contributed by atoms with Gasteiger partial charge in [0.1, 0.15) is 5.75 Å². The SMILES string of the molecule is COc1ccc2c3c1CC(CNC(=O)C1CCC1)C=C3C=CC2. The smallest absolute Gasteiger partial charge is 0.223 e. The van der Waals surface area contributed by atoms with Crippen LogP contribution in [0.4, 0.5) is 0 Å². The summed E-state index contributed by atoms with van der Waals surface area (Å²) >= 11 is 0. The number of carbonyl (C=O) groups excluding carboxylic acids is 1. The number of hydrogen-bond acceptors (Lipinski definition) is 2. The van der Waals surface area contributed by atoms with Crippen molar-refractivity contribution in [2.45, 2.75) is 32.1 Å². The number of ether oxygens (including phenoxy) is 1. The molecule has 0 radical (unpaired) electrons. The van der Waals surface area contributed by atoms with E-state index in [2.05, 4.69) is 35.7 Å². The zero-order valence-corrected chi connectivity index (χ0v) is 13.6. The molecule has 1 aromatic rings. The Hall–Kier alpha value is -2.03. The van der Waals surface area contributed by atoms with E-state index >= 15 is 0 Å². The van der Waals surface area contributed by atoms with Crippen molar-refractivity contribution >= 4 is 11.5 Å². The molecule has 120 valence electrons. The predicted octanol–water partition coefficient (Wildman–Crippen LogP) is 3.28. The molecule has 23 heavy (non-hydrogen) atoms. The largest absolute Gasteiger partial charge is 0.496 e. The molecule has 3 heteroatoms. The molecule has 1 saturated carbocycles. The van der Waals surface area contributed by atoms with E-state index in [1.165, 1.54) is 28.7 Å². The predicted molar refractivity (Wildman–Crippen MR) is 91.4 cm³/mol. The van der Waals surface area contributed by atoms with E-state index < -0.39 is 0 Å². The van der Waals surface area contributed by atoms with Gasteiger partial charge in [0, 0.05) is 18.0 Å². The first-order valence-corrected chi connectivity index (χ1v) is 8.61. The lowest BCUT2D eigenvalue weighted by Crippen LogP contribution is -2.37. The lowest BCUT2D eigenvalue weighted by atomic mass is 9.78. The van der Waals surface area contributed by atoms with Crippen LogP contribution in [0.5, 0.6) is 5.75 Å². The van der Waals surface area contributed by atoms with E-state index in [1.54, 1.807) is 7.11 Å². The fraction of sp³-hybridized carbons (Fsp3) is 0.450. The fourth-order valence-electron chi connectivity index (χ4n) is 3.89. The first-order valence-electron chi connectivity index (χ1n) is 8.61. The quantitative estimate of drug-likeness (QED) is 0.927. The van der Waals surface area contributed by atoms with E-state index in [0.29, 0.717) is 5.92 Å².